The normalized spacial score (nSPS) is 11.9. The lowest BCUT2D eigenvalue weighted by molar-refractivity contribution is -0.274. The third-order valence-corrected chi connectivity index (χ3v) is 2.94. The highest BCUT2D eigenvalue weighted by Crippen LogP contribution is 2.23. The molecule has 5 nitrogen and oxygen atoms in total. The number of carbonyl (C=O) groups is 2. The summed E-state index contributed by atoms with van der Waals surface area (Å²) in [5.41, 5.74) is -1.01. The fraction of sp³-hybridized carbons (Fsp3) is 0.429. The Bertz CT molecular complexity index is 555. The van der Waals surface area contributed by atoms with Crippen molar-refractivity contribution >= 4 is 11.9 Å². The van der Waals surface area contributed by atoms with Crippen molar-refractivity contribution in [3.05, 3.63) is 29.8 Å². The van der Waals surface area contributed by atoms with E-state index in [2.05, 4.69) is 10.1 Å². The zero-order chi connectivity index (χ0) is 17.0. The highest BCUT2D eigenvalue weighted by molar-refractivity contribution is 5.94. The fourth-order valence-corrected chi connectivity index (χ4v) is 1.53. The Morgan fingerprint density at radius 1 is 1.27 bits per heavy atom. The molecule has 0 saturated heterocycles. The first-order valence-corrected chi connectivity index (χ1v) is 6.39. The van der Waals surface area contributed by atoms with Gasteiger partial charge in [-0.3, -0.25) is 9.59 Å². The van der Waals surface area contributed by atoms with Gasteiger partial charge in [0.25, 0.3) is 5.91 Å². The molecule has 0 saturated carbocycles. The van der Waals surface area contributed by atoms with Crippen LogP contribution in [0.1, 0.15) is 30.6 Å². The zero-order valence-corrected chi connectivity index (χ0v) is 12.0. The maximum atomic E-state index is 12.1. The van der Waals surface area contributed by atoms with E-state index in [0.717, 1.165) is 12.1 Å². The summed E-state index contributed by atoms with van der Waals surface area (Å²) in [4.78, 5) is 22.7. The Labute approximate surface area is 125 Å². The number of hydrogen-bond donors (Lipinski definition) is 2. The number of aliphatic carboxylic acids is 1. The molecule has 0 aromatic heterocycles. The molecule has 0 heterocycles. The van der Waals surface area contributed by atoms with Crippen LogP contribution in [0.2, 0.25) is 0 Å². The van der Waals surface area contributed by atoms with Gasteiger partial charge in [-0.1, -0.05) is 6.07 Å². The number of carboxylic acid groups (broad SMARTS) is 1. The van der Waals surface area contributed by atoms with Gasteiger partial charge in [-0.15, -0.1) is 13.2 Å². The van der Waals surface area contributed by atoms with Gasteiger partial charge in [0.05, 0.1) is 5.41 Å². The van der Waals surface area contributed by atoms with Crippen molar-refractivity contribution in [3.63, 3.8) is 0 Å². The van der Waals surface area contributed by atoms with Gasteiger partial charge in [0.15, 0.2) is 0 Å². The van der Waals surface area contributed by atoms with E-state index in [0.29, 0.717) is 0 Å². The van der Waals surface area contributed by atoms with E-state index in [-0.39, 0.29) is 18.5 Å². The molecule has 1 rings (SSSR count). The number of hydrogen-bond acceptors (Lipinski definition) is 3. The summed E-state index contributed by atoms with van der Waals surface area (Å²) in [6.45, 7) is 3.11. The number of carbonyl (C=O) groups excluding carboxylic acids is 1. The second kappa shape index (κ2) is 6.67. The molecule has 0 aliphatic carbocycles. The Kier molecular flexibility index (Phi) is 5.40. The molecule has 0 unspecified atom stereocenters. The monoisotopic (exact) mass is 319 g/mol. The first-order valence-electron chi connectivity index (χ1n) is 6.39. The summed E-state index contributed by atoms with van der Waals surface area (Å²) >= 11 is 0. The smallest absolute Gasteiger partial charge is 0.481 e. The van der Waals surface area contributed by atoms with Crippen LogP contribution in [0.4, 0.5) is 13.2 Å². The molecule has 0 radical (unpaired) electrons. The minimum Gasteiger partial charge on any atom is -0.481 e. The summed E-state index contributed by atoms with van der Waals surface area (Å²) in [5.74, 6) is -2.10. The SMILES string of the molecule is CC(C)(CCNC(=O)c1cccc(OC(F)(F)F)c1)C(=O)O. The summed E-state index contributed by atoms with van der Waals surface area (Å²) in [7, 11) is 0. The maximum absolute atomic E-state index is 12.1. The number of halogens is 3. The standard InChI is InChI=1S/C14H16F3NO4/c1-13(2,12(20)21)6-7-18-11(19)9-4-3-5-10(8-9)22-14(15,16)17/h3-5,8H,6-7H2,1-2H3,(H,18,19)(H,20,21). The Hall–Kier alpha value is -2.25. The van der Waals surface area contributed by atoms with Crippen LogP contribution in [0.3, 0.4) is 0 Å². The van der Waals surface area contributed by atoms with Crippen LogP contribution < -0.4 is 10.1 Å². The van der Waals surface area contributed by atoms with E-state index in [1.165, 1.54) is 26.0 Å². The minimum absolute atomic E-state index is 0.00474. The van der Waals surface area contributed by atoms with Gasteiger partial charge in [-0.05, 0) is 38.5 Å². The van der Waals surface area contributed by atoms with Gasteiger partial charge in [0, 0.05) is 12.1 Å². The average molecular weight is 319 g/mol. The van der Waals surface area contributed by atoms with Crippen molar-refractivity contribution in [1.29, 1.82) is 0 Å². The van der Waals surface area contributed by atoms with Crippen molar-refractivity contribution < 1.29 is 32.6 Å². The third-order valence-electron chi connectivity index (χ3n) is 2.94. The van der Waals surface area contributed by atoms with Gasteiger partial charge >= 0.3 is 12.3 Å². The second-order valence-electron chi connectivity index (χ2n) is 5.27. The number of rotatable bonds is 6. The lowest BCUT2D eigenvalue weighted by atomic mass is 9.90. The van der Waals surface area contributed by atoms with Crippen molar-refractivity contribution in [2.45, 2.75) is 26.6 Å². The molecule has 0 atom stereocenters. The molecule has 122 valence electrons. The summed E-state index contributed by atoms with van der Waals surface area (Å²) in [5, 5.41) is 11.4. The van der Waals surface area contributed by atoms with Gasteiger partial charge in [0.1, 0.15) is 5.75 Å². The van der Waals surface area contributed by atoms with Gasteiger partial charge < -0.3 is 15.2 Å². The predicted octanol–water partition coefficient (Wildman–Crippen LogP) is 2.82. The van der Waals surface area contributed by atoms with Gasteiger partial charge in [0.2, 0.25) is 0 Å². The average Bonchev–Trinajstić information content (AvgIpc) is 2.36. The van der Waals surface area contributed by atoms with Crippen LogP contribution in [-0.4, -0.2) is 29.9 Å². The minimum atomic E-state index is -4.83. The number of ether oxygens (including phenoxy) is 1. The molecule has 0 aliphatic rings. The van der Waals surface area contributed by atoms with E-state index in [1.807, 2.05) is 0 Å². The van der Waals surface area contributed by atoms with E-state index in [4.69, 9.17) is 5.11 Å². The predicted molar refractivity (Wildman–Crippen MR) is 71.5 cm³/mol. The van der Waals surface area contributed by atoms with Gasteiger partial charge in [-0.2, -0.15) is 0 Å². The first-order chi connectivity index (χ1) is 10.0. The van der Waals surface area contributed by atoms with Crippen molar-refractivity contribution in [2.75, 3.05) is 6.54 Å². The van der Waals surface area contributed by atoms with Crippen molar-refractivity contribution in [2.24, 2.45) is 5.41 Å². The Morgan fingerprint density at radius 3 is 2.45 bits per heavy atom. The topological polar surface area (TPSA) is 75.6 Å². The molecule has 0 fully saturated rings. The van der Waals surface area contributed by atoms with Crippen LogP contribution in [0, 0.1) is 5.41 Å². The molecule has 8 heteroatoms. The number of alkyl halides is 3. The molecule has 1 aromatic carbocycles. The third kappa shape index (κ3) is 5.63. The molecule has 0 aliphatic heterocycles. The molecule has 1 aromatic rings. The van der Waals surface area contributed by atoms with E-state index >= 15 is 0 Å². The van der Waals surface area contributed by atoms with Crippen LogP contribution in [0.5, 0.6) is 5.75 Å². The van der Waals surface area contributed by atoms with Crippen molar-refractivity contribution in [3.8, 4) is 5.75 Å². The summed E-state index contributed by atoms with van der Waals surface area (Å²) in [6.07, 6.45) is -4.65. The largest absolute Gasteiger partial charge is 0.573 e. The van der Waals surface area contributed by atoms with Gasteiger partial charge in [-0.25, -0.2) is 0 Å². The van der Waals surface area contributed by atoms with Crippen LogP contribution in [0.15, 0.2) is 24.3 Å². The number of nitrogens with one attached hydrogen (secondary N) is 1. The lowest BCUT2D eigenvalue weighted by Crippen LogP contribution is -2.32. The lowest BCUT2D eigenvalue weighted by Gasteiger charge is -2.19. The van der Waals surface area contributed by atoms with Crippen LogP contribution in [-0.2, 0) is 4.79 Å². The zero-order valence-electron chi connectivity index (χ0n) is 12.0. The number of amides is 1. The summed E-state index contributed by atoms with van der Waals surface area (Å²) in [6, 6.07) is 4.64. The van der Waals surface area contributed by atoms with E-state index in [1.54, 1.807) is 0 Å². The first kappa shape index (κ1) is 17.8. The molecule has 2 N–H and O–H groups in total. The molecule has 1 amide bonds. The molecule has 0 spiro atoms. The maximum Gasteiger partial charge on any atom is 0.573 e. The Balaban J connectivity index is 2.63. The second-order valence-corrected chi connectivity index (χ2v) is 5.27. The van der Waals surface area contributed by atoms with Crippen LogP contribution >= 0.6 is 0 Å². The van der Waals surface area contributed by atoms with E-state index in [9.17, 15) is 22.8 Å². The Morgan fingerprint density at radius 2 is 1.91 bits per heavy atom. The van der Waals surface area contributed by atoms with Crippen LogP contribution in [0.25, 0.3) is 0 Å². The highest BCUT2D eigenvalue weighted by Gasteiger charge is 2.31. The quantitative estimate of drug-likeness (QED) is 0.845. The van der Waals surface area contributed by atoms with E-state index < -0.39 is 29.4 Å². The van der Waals surface area contributed by atoms with Crippen molar-refractivity contribution in [1.82, 2.24) is 5.32 Å². The molecular formula is C14H16F3NO4. The fourth-order valence-electron chi connectivity index (χ4n) is 1.53. The summed E-state index contributed by atoms with van der Waals surface area (Å²) < 4.78 is 40.0. The highest BCUT2D eigenvalue weighted by atomic mass is 19.4. The molecular weight excluding hydrogens is 303 g/mol. The molecule has 22 heavy (non-hydrogen) atoms. The number of benzene rings is 1. The number of carboxylic acids is 1. The molecule has 0 bridgehead atoms.